The normalized spacial score (nSPS) is 11.2. The van der Waals surface area contributed by atoms with Gasteiger partial charge in [0.2, 0.25) is 5.88 Å². The van der Waals surface area contributed by atoms with Crippen molar-refractivity contribution in [3.63, 3.8) is 0 Å². The number of halogens is 1. The Kier molecular flexibility index (Phi) is 9.37. The highest BCUT2D eigenvalue weighted by Gasteiger charge is 2.09. The van der Waals surface area contributed by atoms with Crippen molar-refractivity contribution in [1.29, 1.82) is 0 Å². The Morgan fingerprint density at radius 1 is 1.14 bits per heavy atom. The van der Waals surface area contributed by atoms with Gasteiger partial charge in [0.15, 0.2) is 5.96 Å². The van der Waals surface area contributed by atoms with Crippen molar-refractivity contribution in [1.82, 2.24) is 15.2 Å². The highest BCUT2D eigenvalue weighted by molar-refractivity contribution is 6.30. The van der Waals surface area contributed by atoms with Crippen LogP contribution in [-0.4, -0.2) is 63.4 Å². The molecule has 0 spiro atoms. The minimum Gasteiger partial charge on any atom is -0.492 e. The van der Waals surface area contributed by atoms with Gasteiger partial charge in [-0.25, -0.2) is 4.98 Å². The molecule has 1 N–H and O–H groups in total. The monoisotopic (exact) mass is 406 g/mol. The largest absolute Gasteiger partial charge is 0.492 e. The lowest BCUT2D eigenvalue weighted by molar-refractivity contribution is 0.143. The molecule has 152 valence electrons. The van der Waals surface area contributed by atoms with Crippen molar-refractivity contribution in [2.24, 2.45) is 4.99 Å². The zero-order valence-electron chi connectivity index (χ0n) is 16.5. The number of hydrogen-bond acceptors (Lipinski definition) is 5. The summed E-state index contributed by atoms with van der Waals surface area (Å²) >= 11 is 5.88. The van der Waals surface area contributed by atoms with Crippen LogP contribution in [-0.2, 0) is 11.3 Å². The predicted octanol–water partition coefficient (Wildman–Crippen LogP) is 2.85. The van der Waals surface area contributed by atoms with E-state index >= 15 is 0 Å². The number of aliphatic imine (C=N–C) groups is 1. The Labute approximate surface area is 171 Å². The average Bonchev–Trinajstić information content (AvgIpc) is 2.71. The zero-order valence-corrected chi connectivity index (χ0v) is 17.3. The summed E-state index contributed by atoms with van der Waals surface area (Å²) in [4.78, 5) is 10.6. The molecule has 0 atom stereocenters. The van der Waals surface area contributed by atoms with Gasteiger partial charge in [0.05, 0.1) is 13.2 Å². The van der Waals surface area contributed by atoms with Crippen LogP contribution in [0.3, 0.4) is 0 Å². The topological polar surface area (TPSA) is 68.2 Å². The molecule has 2 aromatic rings. The van der Waals surface area contributed by atoms with Crippen molar-refractivity contribution in [3.8, 4) is 11.6 Å². The van der Waals surface area contributed by atoms with E-state index in [1.54, 1.807) is 32.5 Å². The molecule has 0 saturated carbocycles. The molecule has 1 heterocycles. The summed E-state index contributed by atoms with van der Waals surface area (Å²) in [6.45, 7) is 2.72. The quantitative estimate of drug-likeness (QED) is 0.372. The molecule has 1 aromatic carbocycles. The Morgan fingerprint density at radius 2 is 1.93 bits per heavy atom. The van der Waals surface area contributed by atoms with E-state index < -0.39 is 0 Å². The van der Waals surface area contributed by atoms with Gasteiger partial charge in [-0.1, -0.05) is 17.7 Å². The fourth-order valence-corrected chi connectivity index (χ4v) is 2.53. The maximum atomic E-state index is 5.88. The van der Waals surface area contributed by atoms with Crippen molar-refractivity contribution < 1.29 is 14.2 Å². The van der Waals surface area contributed by atoms with E-state index in [0.717, 1.165) is 17.3 Å². The number of ether oxygens (including phenoxy) is 3. The zero-order chi connectivity index (χ0) is 20.2. The van der Waals surface area contributed by atoms with Gasteiger partial charge in [0.1, 0.15) is 19.0 Å². The van der Waals surface area contributed by atoms with Crippen LogP contribution < -0.4 is 14.8 Å². The number of benzene rings is 1. The number of methoxy groups -OCH3 is 1. The van der Waals surface area contributed by atoms with Gasteiger partial charge >= 0.3 is 0 Å². The van der Waals surface area contributed by atoms with E-state index in [-0.39, 0.29) is 0 Å². The molecule has 28 heavy (non-hydrogen) atoms. The van der Waals surface area contributed by atoms with Crippen LogP contribution in [0.2, 0.25) is 5.02 Å². The van der Waals surface area contributed by atoms with E-state index in [9.17, 15) is 0 Å². The van der Waals surface area contributed by atoms with Gasteiger partial charge in [0.25, 0.3) is 0 Å². The first kappa shape index (κ1) is 21.8. The lowest BCUT2D eigenvalue weighted by Gasteiger charge is -2.22. The molecule has 0 aliphatic rings. The van der Waals surface area contributed by atoms with E-state index in [0.29, 0.717) is 43.8 Å². The number of pyridine rings is 1. The third-order valence-corrected chi connectivity index (χ3v) is 4.15. The van der Waals surface area contributed by atoms with E-state index in [1.807, 2.05) is 36.2 Å². The van der Waals surface area contributed by atoms with Crippen LogP contribution in [0.25, 0.3) is 0 Å². The van der Waals surface area contributed by atoms with Gasteiger partial charge in [0, 0.05) is 44.5 Å². The number of likely N-dealkylation sites (N-methyl/N-ethyl adjacent to an activating group) is 1. The molecule has 0 radical (unpaired) electrons. The summed E-state index contributed by atoms with van der Waals surface area (Å²) < 4.78 is 16.4. The SMILES string of the molecule is CN=C(NCc1cccnc1OCCOC)N(C)CCOc1ccc(Cl)cc1. The molecule has 0 aliphatic carbocycles. The van der Waals surface area contributed by atoms with Gasteiger partial charge in [-0.15, -0.1) is 0 Å². The second-order valence-electron chi connectivity index (χ2n) is 5.93. The molecular weight excluding hydrogens is 380 g/mol. The number of aromatic nitrogens is 1. The Bertz CT molecular complexity index is 740. The first-order valence-corrected chi connectivity index (χ1v) is 9.37. The summed E-state index contributed by atoms with van der Waals surface area (Å²) in [5.74, 6) is 2.14. The molecule has 0 unspecified atom stereocenters. The minimum atomic E-state index is 0.456. The average molecular weight is 407 g/mol. The smallest absolute Gasteiger partial charge is 0.218 e. The fraction of sp³-hybridized carbons (Fsp3) is 0.400. The van der Waals surface area contributed by atoms with Crippen LogP contribution in [0.15, 0.2) is 47.6 Å². The van der Waals surface area contributed by atoms with Gasteiger partial charge in [-0.3, -0.25) is 4.99 Å². The third kappa shape index (κ3) is 7.25. The van der Waals surface area contributed by atoms with Crippen LogP contribution in [0.5, 0.6) is 11.6 Å². The number of nitrogens with one attached hydrogen (secondary N) is 1. The van der Waals surface area contributed by atoms with E-state index in [2.05, 4.69) is 15.3 Å². The van der Waals surface area contributed by atoms with Crippen molar-refractivity contribution in [3.05, 3.63) is 53.2 Å². The summed E-state index contributed by atoms with van der Waals surface area (Å²) in [5, 5.41) is 4.01. The molecule has 2 rings (SSSR count). The highest BCUT2D eigenvalue weighted by Crippen LogP contribution is 2.16. The number of hydrogen-bond donors (Lipinski definition) is 1. The molecule has 0 fully saturated rings. The Morgan fingerprint density at radius 3 is 2.64 bits per heavy atom. The second kappa shape index (κ2) is 12.0. The Balaban J connectivity index is 1.82. The summed E-state index contributed by atoms with van der Waals surface area (Å²) in [6.07, 6.45) is 1.71. The molecule has 0 saturated heterocycles. The number of rotatable bonds is 10. The molecule has 1 aromatic heterocycles. The highest BCUT2D eigenvalue weighted by atomic mass is 35.5. The maximum absolute atomic E-state index is 5.88. The fourth-order valence-electron chi connectivity index (χ4n) is 2.41. The first-order chi connectivity index (χ1) is 13.6. The number of nitrogens with zero attached hydrogens (tertiary/aromatic N) is 3. The van der Waals surface area contributed by atoms with Crippen LogP contribution in [0, 0.1) is 0 Å². The summed E-state index contributed by atoms with van der Waals surface area (Å²) in [6, 6.07) is 11.2. The van der Waals surface area contributed by atoms with Crippen molar-refractivity contribution in [2.45, 2.75) is 6.54 Å². The van der Waals surface area contributed by atoms with Crippen LogP contribution in [0.1, 0.15) is 5.56 Å². The second-order valence-corrected chi connectivity index (χ2v) is 6.37. The molecule has 7 nitrogen and oxygen atoms in total. The Hall–Kier alpha value is -2.51. The van der Waals surface area contributed by atoms with Crippen molar-refractivity contribution >= 4 is 17.6 Å². The first-order valence-electron chi connectivity index (χ1n) is 8.99. The molecular formula is C20H27ClN4O3. The third-order valence-electron chi connectivity index (χ3n) is 3.90. The van der Waals surface area contributed by atoms with E-state index in [4.69, 9.17) is 25.8 Å². The van der Waals surface area contributed by atoms with E-state index in [1.165, 1.54) is 0 Å². The lowest BCUT2D eigenvalue weighted by atomic mass is 10.2. The predicted molar refractivity (Wildman–Crippen MR) is 111 cm³/mol. The molecule has 0 bridgehead atoms. The summed E-state index contributed by atoms with van der Waals surface area (Å²) in [5.41, 5.74) is 0.950. The number of guanidine groups is 1. The molecule has 0 aliphatic heterocycles. The minimum absolute atomic E-state index is 0.456. The standard InChI is InChI=1S/C20H27ClN4O3/c1-22-20(25(2)11-12-27-18-8-6-17(21)7-9-18)24-15-16-5-4-10-23-19(16)28-14-13-26-3/h4-10H,11-15H2,1-3H3,(H,22,24). The maximum Gasteiger partial charge on any atom is 0.218 e. The van der Waals surface area contributed by atoms with Gasteiger partial charge in [-0.05, 0) is 30.3 Å². The van der Waals surface area contributed by atoms with Crippen LogP contribution >= 0.6 is 11.6 Å². The summed E-state index contributed by atoms with van der Waals surface area (Å²) in [7, 11) is 5.35. The molecule has 8 heteroatoms. The van der Waals surface area contributed by atoms with Gasteiger partial charge < -0.3 is 24.4 Å². The van der Waals surface area contributed by atoms with Gasteiger partial charge in [-0.2, -0.15) is 0 Å². The van der Waals surface area contributed by atoms with Crippen molar-refractivity contribution in [2.75, 3.05) is 47.6 Å². The van der Waals surface area contributed by atoms with Crippen LogP contribution in [0.4, 0.5) is 0 Å². The lowest BCUT2D eigenvalue weighted by Crippen LogP contribution is -2.40. The molecule has 0 amide bonds.